The number of carbonyl (C=O) groups excluding carboxylic acids is 1. The number of nitriles is 1. The van der Waals surface area contributed by atoms with E-state index in [4.69, 9.17) is 4.74 Å². The first-order chi connectivity index (χ1) is 14.2. The average molecular weight is 404 g/mol. The highest BCUT2D eigenvalue weighted by atomic mass is 32.1. The normalized spacial score (nSPS) is 13.4. The summed E-state index contributed by atoms with van der Waals surface area (Å²) in [5.74, 6) is 1.06. The van der Waals surface area contributed by atoms with E-state index in [2.05, 4.69) is 23.2 Å². The number of para-hydroxylation sites is 1. The van der Waals surface area contributed by atoms with Crippen LogP contribution in [0.2, 0.25) is 0 Å². The summed E-state index contributed by atoms with van der Waals surface area (Å²) in [5.41, 5.74) is 2.17. The maximum absolute atomic E-state index is 12.8. The number of benzene rings is 2. The SMILES string of the molecule is CCN1CCc2c(sc(NC(=O)c3cccc(Oc4ccccc4)c3)c2C#N)C1. The summed E-state index contributed by atoms with van der Waals surface area (Å²) in [6.07, 6.45) is 0.846. The predicted molar refractivity (Wildman–Crippen MR) is 115 cm³/mol. The van der Waals surface area contributed by atoms with Crippen LogP contribution in [-0.4, -0.2) is 23.9 Å². The van der Waals surface area contributed by atoms with Crippen molar-refractivity contribution in [1.29, 1.82) is 5.26 Å². The summed E-state index contributed by atoms with van der Waals surface area (Å²) in [5, 5.41) is 13.2. The highest BCUT2D eigenvalue weighted by Crippen LogP contribution is 2.37. The molecule has 0 atom stereocenters. The van der Waals surface area contributed by atoms with E-state index in [0.29, 0.717) is 27.6 Å². The second kappa shape index (κ2) is 8.48. The smallest absolute Gasteiger partial charge is 0.256 e. The van der Waals surface area contributed by atoms with Gasteiger partial charge in [0, 0.05) is 23.5 Å². The van der Waals surface area contributed by atoms with Gasteiger partial charge in [0.25, 0.3) is 5.91 Å². The third-order valence-electron chi connectivity index (χ3n) is 5.00. The van der Waals surface area contributed by atoms with Crippen LogP contribution in [0.5, 0.6) is 11.5 Å². The summed E-state index contributed by atoms with van der Waals surface area (Å²) in [6.45, 7) is 4.90. The Hall–Kier alpha value is -3.14. The molecule has 0 unspecified atom stereocenters. The fraction of sp³-hybridized carbons (Fsp3) is 0.217. The molecule has 0 spiro atoms. The number of rotatable bonds is 5. The van der Waals surface area contributed by atoms with Gasteiger partial charge in [-0.2, -0.15) is 5.26 Å². The van der Waals surface area contributed by atoms with Gasteiger partial charge in [0.2, 0.25) is 0 Å². The van der Waals surface area contributed by atoms with Crippen LogP contribution in [0, 0.1) is 11.3 Å². The van der Waals surface area contributed by atoms with E-state index in [-0.39, 0.29) is 5.91 Å². The van der Waals surface area contributed by atoms with Gasteiger partial charge in [-0.15, -0.1) is 11.3 Å². The molecule has 5 nitrogen and oxygen atoms in total. The standard InChI is InChI=1S/C23H21N3O2S/c1-2-26-12-11-19-20(14-24)23(29-21(19)15-26)25-22(27)16-7-6-10-18(13-16)28-17-8-4-3-5-9-17/h3-10,13H,2,11-12,15H2,1H3,(H,25,27). The van der Waals surface area contributed by atoms with Crippen LogP contribution in [0.4, 0.5) is 5.00 Å². The number of hydrogen-bond acceptors (Lipinski definition) is 5. The van der Waals surface area contributed by atoms with Crippen molar-refractivity contribution in [3.05, 3.63) is 76.2 Å². The molecule has 0 bridgehead atoms. The number of nitrogens with zero attached hydrogens (tertiary/aromatic N) is 2. The Balaban J connectivity index is 1.54. The molecule has 1 amide bonds. The number of anilines is 1. The molecule has 0 fully saturated rings. The number of ether oxygens (including phenoxy) is 1. The van der Waals surface area contributed by atoms with Crippen LogP contribution in [0.25, 0.3) is 0 Å². The van der Waals surface area contributed by atoms with Crippen molar-refractivity contribution >= 4 is 22.2 Å². The topological polar surface area (TPSA) is 65.4 Å². The average Bonchev–Trinajstić information content (AvgIpc) is 3.10. The van der Waals surface area contributed by atoms with E-state index in [0.717, 1.165) is 31.6 Å². The number of carbonyl (C=O) groups is 1. The first kappa shape index (κ1) is 19.2. The highest BCUT2D eigenvalue weighted by molar-refractivity contribution is 7.16. The van der Waals surface area contributed by atoms with Crippen molar-refractivity contribution in [3.8, 4) is 17.6 Å². The molecule has 146 valence electrons. The molecule has 3 aromatic rings. The molecule has 1 aromatic heterocycles. The maximum Gasteiger partial charge on any atom is 0.256 e. The first-order valence-corrected chi connectivity index (χ1v) is 10.4. The fourth-order valence-electron chi connectivity index (χ4n) is 3.43. The summed E-state index contributed by atoms with van der Waals surface area (Å²) in [7, 11) is 0. The quantitative estimate of drug-likeness (QED) is 0.648. The van der Waals surface area contributed by atoms with Crippen LogP contribution >= 0.6 is 11.3 Å². The van der Waals surface area contributed by atoms with Gasteiger partial charge in [-0.1, -0.05) is 31.2 Å². The number of fused-ring (bicyclic) bond motifs is 1. The Morgan fingerprint density at radius 2 is 2.00 bits per heavy atom. The number of amides is 1. The lowest BCUT2D eigenvalue weighted by atomic mass is 10.0. The molecular weight excluding hydrogens is 382 g/mol. The third-order valence-corrected chi connectivity index (χ3v) is 6.13. The molecule has 1 aliphatic rings. The highest BCUT2D eigenvalue weighted by Gasteiger charge is 2.24. The van der Waals surface area contributed by atoms with Gasteiger partial charge < -0.3 is 10.1 Å². The molecule has 2 aromatic carbocycles. The van der Waals surface area contributed by atoms with Gasteiger partial charge in [-0.05, 0) is 48.9 Å². The summed E-state index contributed by atoms with van der Waals surface area (Å²) in [6, 6.07) is 18.8. The van der Waals surface area contributed by atoms with Crippen molar-refractivity contribution in [2.24, 2.45) is 0 Å². The Morgan fingerprint density at radius 3 is 2.76 bits per heavy atom. The monoisotopic (exact) mass is 403 g/mol. The molecule has 29 heavy (non-hydrogen) atoms. The van der Waals surface area contributed by atoms with Gasteiger partial charge in [-0.3, -0.25) is 9.69 Å². The summed E-state index contributed by atoms with van der Waals surface area (Å²) >= 11 is 1.51. The predicted octanol–water partition coefficient (Wildman–Crippen LogP) is 5.04. The maximum atomic E-state index is 12.8. The minimum absolute atomic E-state index is 0.244. The number of thiophene rings is 1. The Labute approximate surface area is 174 Å². The Kier molecular flexibility index (Phi) is 5.61. The molecule has 2 heterocycles. The van der Waals surface area contributed by atoms with Gasteiger partial charge in [0.05, 0.1) is 5.56 Å². The Bertz CT molecular complexity index is 1070. The largest absolute Gasteiger partial charge is 0.457 e. The number of hydrogen-bond donors (Lipinski definition) is 1. The minimum atomic E-state index is -0.244. The van der Waals surface area contributed by atoms with E-state index >= 15 is 0 Å². The van der Waals surface area contributed by atoms with Crippen LogP contribution in [0.1, 0.15) is 33.3 Å². The van der Waals surface area contributed by atoms with E-state index in [1.807, 2.05) is 36.4 Å². The molecule has 4 rings (SSSR count). The second-order valence-electron chi connectivity index (χ2n) is 6.84. The van der Waals surface area contributed by atoms with Crippen molar-refractivity contribution in [2.45, 2.75) is 19.9 Å². The molecule has 0 radical (unpaired) electrons. The Morgan fingerprint density at radius 1 is 1.21 bits per heavy atom. The number of nitrogens with one attached hydrogen (secondary N) is 1. The number of likely N-dealkylation sites (N-methyl/N-ethyl adjacent to an activating group) is 1. The van der Waals surface area contributed by atoms with Gasteiger partial charge >= 0.3 is 0 Å². The van der Waals surface area contributed by atoms with Crippen molar-refractivity contribution < 1.29 is 9.53 Å². The molecular formula is C23H21N3O2S. The van der Waals surface area contributed by atoms with Crippen LogP contribution in [-0.2, 0) is 13.0 Å². The fourth-order valence-corrected chi connectivity index (χ4v) is 4.67. The van der Waals surface area contributed by atoms with Gasteiger partial charge in [0.1, 0.15) is 22.6 Å². The lowest BCUT2D eigenvalue weighted by Gasteiger charge is -2.24. The lowest BCUT2D eigenvalue weighted by molar-refractivity contribution is 0.102. The van der Waals surface area contributed by atoms with Gasteiger partial charge in [0.15, 0.2) is 0 Å². The van der Waals surface area contributed by atoms with E-state index < -0.39 is 0 Å². The summed E-state index contributed by atoms with van der Waals surface area (Å²) in [4.78, 5) is 16.4. The molecule has 1 aliphatic heterocycles. The van der Waals surface area contributed by atoms with Crippen molar-refractivity contribution in [1.82, 2.24) is 4.90 Å². The van der Waals surface area contributed by atoms with Crippen LogP contribution < -0.4 is 10.1 Å². The zero-order valence-corrected chi connectivity index (χ0v) is 17.0. The lowest BCUT2D eigenvalue weighted by Crippen LogP contribution is -2.29. The zero-order valence-electron chi connectivity index (χ0n) is 16.1. The van der Waals surface area contributed by atoms with Crippen molar-refractivity contribution in [2.75, 3.05) is 18.4 Å². The summed E-state index contributed by atoms with van der Waals surface area (Å²) < 4.78 is 5.82. The van der Waals surface area contributed by atoms with Crippen molar-refractivity contribution in [3.63, 3.8) is 0 Å². The molecule has 0 saturated carbocycles. The first-order valence-electron chi connectivity index (χ1n) is 9.59. The molecule has 0 aliphatic carbocycles. The van der Waals surface area contributed by atoms with Gasteiger partial charge in [-0.25, -0.2) is 0 Å². The van der Waals surface area contributed by atoms with E-state index in [1.54, 1.807) is 18.2 Å². The third kappa shape index (κ3) is 4.16. The zero-order chi connectivity index (χ0) is 20.2. The second-order valence-corrected chi connectivity index (χ2v) is 7.94. The van der Waals surface area contributed by atoms with Crippen LogP contribution in [0.3, 0.4) is 0 Å². The molecule has 0 saturated heterocycles. The van der Waals surface area contributed by atoms with Crippen LogP contribution in [0.15, 0.2) is 54.6 Å². The molecule has 6 heteroatoms. The minimum Gasteiger partial charge on any atom is -0.457 e. The van der Waals surface area contributed by atoms with E-state index in [1.165, 1.54) is 16.2 Å². The molecule has 1 N–H and O–H groups in total. The van der Waals surface area contributed by atoms with E-state index in [9.17, 15) is 10.1 Å².